The first kappa shape index (κ1) is 26.6. The molecule has 0 radical (unpaired) electrons. The number of carbonyl (C=O) groups is 2. The summed E-state index contributed by atoms with van der Waals surface area (Å²) < 4.78 is 4.78. The van der Waals surface area contributed by atoms with Crippen LogP contribution < -0.4 is 5.32 Å². The van der Waals surface area contributed by atoms with Crippen LogP contribution in [0.5, 0.6) is 0 Å². The molecule has 0 saturated carbocycles. The van der Waals surface area contributed by atoms with Crippen molar-refractivity contribution in [1.29, 1.82) is 0 Å². The lowest BCUT2D eigenvalue weighted by Gasteiger charge is -2.30. The van der Waals surface area contributed by atoms with E-state index in [1.165, 1.54) is 17.6 Å². The summed E-state index contributed by atoms with van der Waals surface area (Å²) in [4.78, 5) is 34.5. The molecular weight excluding hydrogens is 484 g/mol. The standard InChI is InChI=1S/C29H34N4O3S/c1-4-33(5-2)28(34)23-11-9-21(10-12-23)27(24-7-6-8-25(17-24)31-29(35)36-3)22-13-15-32(16-14-22)19-26-18-30-20-37-26/h6-12,17-18,20H,4-5,13-16,19H2,1-3H3,(H,31,35). The molecule has 2 aromatic carbocycles. The van der Waals surface area contributed by atoms with Gasteiger partial charge in [0, 0.05) is 55.0 Å². The molecule has 7 nitrogen and oxygen atoms in total. The minimum atomic E-state index is -0.498. The van der Waals surface area contributed by atoms with Crippen molar-refractivity contribution in [2.45, 2.75) is 33.2 Å². The van der Waals surface area contributed by atoms with Gasteiger partial charge in [-0.25, -0.2) is 4.79 Å². The number of ether oxygens (including phenoxy) is 1. The summed E-state index contributed by atoms with van der Waals surface area (Å²) in [5.74, 6) is 0.0476. The van der Waals surface area contributed by atoms with E-state index in [9.17, 15) is 9.59 Å². The van der Waals surface area contributed by atoms with Gasteiger partial charge < -0.3 is 9.64 Å². The largest absolute Gasteiger partial charge is 0.453 e. The number of hydrogen-bond donors (Lipinski definition) is 1. The Hall–Kier alpha value is -3.49. The van der Waals surface area contributed by atoms with E-state index >= 15 is 0 Å². The second kappa shape index (κ2) is 12.7. The Morgan fingerprint density at radius 2 is 1.73 bits per heavy atom. The molecule has 0 spiro atoms. The Morgan fingerprint density at radius 3 is 2.35 bits per heavy atom. The average molecular weight is 519 g/mol. The molecule has 2 heterocycles. The van der Waals surface area contributed by atoms with Gasteiger partial charge in [-0.05, 0) is 67.7 Å². The number of piperidine rings is 1. The Morgan fingerprint density at radius 1 is 1.03 bits per heavy atom. The maximum absolute atomic E-state index is 12.9. The van der Waals surface area contributed by atoms with E-state index in [1.54, 1.807) is 11.3 Å². The van der Waals surface area contributed by atoms with Crippen LogP contribution in [0.4, 0.5) is 10.5 Å². The van der Waals surface area contributed by atoms with E-state index in [-0.39, 0.29) is 5.91 Å². The van der Waals surface area contributed by atoms with Gasteiger partial charge >= 0.3 is 6.09 Å². The van der Waals surface area contributed by atoms with Gasteiger partial charge in [0.1, 0.15) is 0 Å². The van der Waals surface area contributed by atoms with Crippen LogP contribution >= 0.6 is 11.3 Å². The van der Waals surface area contributed by atoms with Gasteiger partial charge in [-0.3, -0.25) is 20.0 Å². The second-order valence-electron chi connectivity index (χ2n) is 8.97. The first-order chi connectivity index (χ1) is 18.0. The summed E-state index contributed by atoms with van der Waals surface area (Å²) in [6.07, 6.45) is 3.34. The Bertz CT molecular complexity index is 1220. The summed E-state index contributed by atoms with van der Waals surface area (Å²) >= 11 is 1.69. The SMILES string of the molecule is CCN(CC)C(=O)c1ccc(C(=C2CCN(Cc3cncs3)CC2)c2cccc(NC(=O)OC)c2)cc1. The van der Waals surface area contributed by atoms with Gasteiger partial charge in [0.2, 0.25) is 0 Å². The van der Waals surface area contributed by atoms with E-state index in [1.807, 2.05) is 72.9 Å². The summed E-state index contributed by atoms with van der Waals surface area (Å²) in [6, 6.07) is 15.8. The van der Waals surface area contributed by atoms with Crippen molar-refractivity contribution in [2.75, 3.05) is 38.6 Å². The summed E-state index contributed by atoms with van der Waals surface area (Å²) in [7, 11) is 1.35. The van der Waals surface area contributed by atoms with Crippen LogP contribution in [0.3, 0.4) is 0 Å². The highest BCUT2D eigenvalue weighted by Crippen LogP contribution is 2.34. The lowest BCUT2D eigenvalue weighted by atomic mass is 9.87. The predicted octanol–water partition coefficient (Wildman–Crippen LogP) is 5.90. The molecule has 3 aromatic rings. The van der Waals surface area contributed by atoms with Crippen LogP contribution in [0.15, 0.2) is 65.8 Å². The van der Waals surface area contributed by atoms with E-state index in [2.05, 4.69) is 21.3 Å². The molecule has 1 N–H and O–H groups in total. The number of anilines is 1. The van der Waals surface area contributed by atoms with Crippen LogP contribution in [0.1, 0.15) is 53.1 Å². The average Bonchev–Trinajstić information content (AvgIpc) is 3.44. The number of likely N-dealkylation sites (tertiary alicyclic amines) is 1. The molecule has 1 saturated heterocycles. The molecule has 8 heteroatoms. The molecular formula is C29H34N4O3S. The molecule has 37 heavy (non-hydrogen) atoms. The molecule has 1 aliphatic heterocycles. The highest BCUT2D eigenvalue weighted by atomic mass is 32.1. The highest BCUT2D eigenvalue weighted by Gasteiger charge is 2.21. The fraction of sp³-hybridized carbons (Fsp3) is 0.345. The first-order valence-electron chi connectivity index (χ1n) is 12.7. The molecule has 1 aromatic heterocycles. The Labute approximate surface area is 222 Å². The van der Waals surface area contributed by atoms with Gasteiger partial charge in [-0.2, -0.15) is 0 Å². The number of aromatic nitrogens is 1. The van der Waals surface area contributed by atoms with Crippen molar-refractivity contribution < 1.29 is 14.3 Å². The Kier molecular flexibility index (Phi) is 9.09. The highest BCUT2D eigenvalue weighted by molar-refractivity contribution is 7.09. The van der Waals surface area contributed by atoms with Crippen molar-refractivity contribution in [3.05, 3.63) is 87.4 Å². The first-order valence-corrected chi connectivity index (χ1v) is 13.6. The molecule has 0 unspecified atom stereocenters. The lowest BCUT2D eigenvalue weighted by molar-refractivity contribution is 0.0773. The molecule has 1 fully saturated rings. The van der Waals surface area contributed by atoms with Gasteiger partial charge in [0.15, 0.2) is 0 Å². The number of carbonyl (C=O) groups excluding carboxylic acids is 2. The molecule has 194 valence electrons. The Balaban J connectivity index is 1.65. The summed E-state index contributed by atoms with van der Waals surface area (Å²) in [5.41, 5.74) is 7.88. The monoisotopic (exact) mass is 518 g/mol. The fourth-order valence-corrected chi connectivity index (χ4v) is 5.38. The van der Waals surface area contributed by atoms with Crippen LogP contribution in [-0.4, -0.2) is 60.1 Å². The third kappa shape index (κ3) is 6.64. The topological polar surface area (TPSA) is 74.8 Å². The zero-order valence-electron chi connectivity index (χ0n) is 21.7. The fourth-order valence-electron chi connectivity index (χ4n) is 4.74. The van der Waals surface area contributed by atoms with Gasteiger partial charge in [-0.1, -0.05) is 29.8 Å². The van der Waals surface area contributed by atoms with E-state index < -0.39 is 6.09 Å². The van der Waals surface area contributed by atoms with Crippen LogP contribution in [0, 0.1) is 0 Å². The number of nitrogens with zero attached hydrogens (tertiary/aromatic N) is 3. The quantitative estimate of drug-likeness (QED) is 0.402. The van der Waals surface area contributed by atoms with E-state index in [4.69, 9.17) is 4.74 Å². The van der Waals surface area contributed by atoms with Crippen molar-refractivity contribution in [3.63, 3.8) is 0 Å². The number of nitrogens with one attached hydrogen (secondary N) is 1. The zero-order chi connectivity index (χ0) is 26.2. The van der Waals surface area contributed by atoms with Crippen LogP contribution in [0.2, 0.25) is 0 Å². The molecule has 0 aliphatic carbocycles. The zero-order valence-corrected chi connectivity index (χ0v) is 22.5. The minimum absolute atomic E-state index is 0.0476. The number of amides is 2. The van der Waals surface area contributed by atoms with Crippen molar-refractivity contribution in [3.8, 4) is 0 Å². The third-order valence-electron chi connectivity index (χ3n) is 6.73. The predicted molar refractivity (Wildman–Crippen MR) is 149 cm³/mol. The van der Waals surface area contributed by atoms with Crippen molar-refractivity contribution in [2.24, 2.45) is 0 Å². The number of thiazole rings is 1. The summed E-state index contributed by atoms with van der Waals surface area (Å²) in [5, 5.41) is 2.78. The smallest absolute Gasteiger partial charge is 0.411 e. The third-order valence-corrected chi connectivity index (χ3v) is 7.49. The number of rotatable bonds is 8. The normalized spacial score (nSPS) is 13.8. The molecule has 4 rings (SSSR count). The van der Waals surface area contributed by atoms with Crippen LogP contribution in [0.25, 0.3) is 5.57 Å². The van der Waals surface area contributed by atoms with Crippen LogP contribution in [-0.2, 0) is 11.3 Å². The lowest BCUT2D eigenvalue weighted by Crippen LogP contribution is -2.30. The van der Waals surface area contributed by atoms with E-state index in [0.717, 1.165) is 49.2 Å². The van der Waals surface area contributed by atoms with Crippen molar-refractivity contribution >= 4 is 34.6 Å². The molecule has 0 atom stereocenters. The van der Waals surface area contributed by atoms with Gasteiger partial charge in [-0.15, -0.1) is 11.3 Å². The number of methoxy groups -OCH3 is 1. The minimum Gasteiger partial charge on any atom is -0.453 e. The summed E-state index contributed by atoms with van der Waals surface area (Å²) in [6.45, 7) is 8.22. The molecule has 1 aliphatic rings. The maximum Gasteiger partial charge on any atom is 0.411 e. The van der Waals surface area contributed by atoms with E-state index in [0.29, 0.717) is 24.3 Å². The van der Waals surface area contributed by atoms with Gasteiger partial charge in [0.25, 0.3) is 5.91 Å². The van der Waals surface area contributed by atoms with Crippen molar-refractivity contribution in [1.82, 2.24) is 14.8 Å². The number of benzene rings is 2. The van der Waals surface area contributed by atoms with Gasteiger partial charge in [0.05, 0.1) is 12.6 Å². The molecule has 0 bridgehead atoms. The number of hydrogen-bond acceptors (Lipinski definition) is 6. The maximum atomic E-state index is 12.9. The second-order valence-corrected chi connectivity index (χ2v) is 9.95. The molecule has 2 amide bonds.